The van der Waals surface area contributed by atoms with Crippen molar-refractivity contribution in [1.29, 1.82) is 0 Å². The Balaban J connectivity index is 2.47. The monoisotopic (exact) mass is 281 g/mol. The first-order valence-corrected chi connectivity index (χ1v) is 6.66. The summed E-state index contributed by atoms with van der Waals surface area (Å²) in [5.74, 6) is 0.977. The molecule has 0 aromatic rings. The van der Waals surface area contributed by atoms with Gasteiger partial charge in [-0.3, -0.25) is 0 Å². The Bertz CT molecular complexity index is 123. The maximum atomic E-state index is 2.64. The Morgan fingerprint density at radius 3 is 2.42 bits per heavy atom. The predicted molar refractivity (Wildman–Crippen MR) is 62.9 cm³/mol. The van der Waals surface area contributed by atoms with Crippen LogP contribution >= 0.6 is 22.6 Å². The highest BCUT2D eigenvalue weighted by Crippen LogP contribution is 2.31. The van der Waals surface area contributed by atoms with Crippen LogP contribution in [0.1, 0.15) is 33.1 Å². The van der Waals surface area contributed by atoms with E-state index >= 15 is 0 Å². The summed E-state index contributed by atoms with van der Waals surface area (Å²) in [6, 6.07) is 0.900. The number of alkyl halides is 1. The fourth-order valence-corrected chi connectivity index (χ4v) is 3.40. The standard InChI is InChI=1S/C10H20IN/c1-3-12(4-2)10-7-5-6-9(10)8-11/h9-10H,3-8H2,1-2H3. The van der Waals surface area contributed by atoms with Crippen molar-refractivity contribution in [3.63, 3.8) is 0 Å². The highest BCUT2D eigenvalue weighted by atomic mass is 127. The van der Waals surface area contributed by atoms with Crippen molar-refractivity contribution in [2.75, 3.05) is 17.5 Å². The molecule has 0 heterocycles. The van der Waals surface area contributed by atoms with Gasteiger partial charge in [-0.25, -0.2) is 0 Å². The van der Waals surface area contributed by atoms with E-state index in [1.54, 1.807) is 0 Å². The molecule has 1 aliphatic rings. The zero-order chi connectivity index (χ0) is 8.97. The lowest BCUT2D eigenvalue weighted by Crippen LogP contribution is -2.38. The van der Waals surface area contributed by atoms with Gasteiger partial charge in [-0.1, -0.05) is 42.9 Å². The Hall–Kier alpha value is 0.690. The molecule has 1 nitrogen and oxygen atoms in total. The van der Waals surface area contributed by atoms with Crippen molar-refractivity contribution in [3.05, 3.63) is 0 Å². The third-order valence-corrected chi connectivity index (χ3v) is 4.23. The molecule has 1 rings (SSSR count). The molecule has 0 amide bonds. The van der Waals surface area contributed by atoms with Gasteiger partial charge >= 0.3 is 0 Å². The van der Waals surface area contributed by atoms with Crippen LogP contribution in [0.25, 0.3) is 0 Å². The van der Waals surface area contributed by atoms with Crippen molar-refractivity contribution < 1.29 is 0 Å². The van der Waals surface area contributed by atoms with Crippen molar-refractivity contribution in [2.45, 2.75) is 39.2 Å². The minimum absolute atomic E-state index is 0.900. The van der Waals surface area contributed by atoms with E-state index in [4.69, 9.17) is 0 Å². The largest absolute Gasteiger partial charge is 0.301 e. The quantitative estimate of drug-likeness (QED) is 0.565. The van der Waals surface area contributed by atoms with Gasteiger partial charge in [-0.05, 0) is 31.8 Å². The Morgan fingerprint density at radius 2 is 1.92 bits per heavy atom. The molecule has 72 valence electrons. The van der Waals surface area contributed by atoms with Crippen molar-refractivity contribution in [2.24, 2.45) is 5.92 Å². The first-order valence-electron chi connectivity index (χ1n) is 5.13. The van der Waals surface area contributed by atoms with Gasteiger partial charge in [0.1, 0.15) is 0 Å². The average Bonchev–Trinajstić information content (AvgIpc) is 2.55. The van der Waals surface area contributed by atoms with Gasteiger partial charge in [0.2, 0.25) is 0 Å². The molecule has 0 radical (unpaired) electrons. The lowest BCUT2D eigenvalue weighted by atomic mass is 10.1. The molecule has 1 fully saturated rings. The van der Waals surface area contributed by atoms with Crippen LogP contribution in [0.15, 0.2) is 0 Å². The van der Waals surface area contributed by atoms with Gasteiger partial charge < -0.3 is 4.90 Å². The summed E-state index contributed by atoms with van der Waals surface area (Å²) in [6.45, 7) is 7.03. The second kappa shape index (κ2) is 5.43. The summed E-state index contributed by atoms with van der Waals surface area (Å²) in [4.78, 5) is 2.64. The molecule has 0 N–H and O–H groups in total. The molecule has 2 atom stereocenters. The molecule has 0 spiro atoms. The van der Waals surface area contributed by atoms with Gasteiger partial charge in [0.25, 0.3) is 0 Å². The predicted octanol–water partition coefficient (Wildman–Crippen LogP) is 2.93. The Morgan fingerprint density at radius 1 is 1.25 bits per heavy atom. The summed E-state index contributed by atoms with van der Waals surface area (Å²) in [6.07, 6.45) is 4.36. The normalized spacial score (nSPS) is 30.0. The molecule has 1 aliphatic carbocycles. The fourth-order valence-electron chi connectivity index (χ4n) is 2.37. The van der Waals surface area contributed by atoms with Gasteiger partial charge in [0.15, 0.2) is 0 Å². The number of rotatable bonds is 4. The van der Waals surface area contributed by atoms with E-state index in [1.807, 2.05) is 0 Å². The van der Waals surface area contributed by atoms with Gasteiger partial charge in [0, 0.05) is 10.5 Å². The number of hydrogen-bond donors (Lipinski definition) is 0. The van der Waals surface area contributed by atoms with Crippen molar-refractivity contribution in [1.82, 2.24) is 4.90 Å². The SMILES string of the molecule is CCN(CC)C1CCCC1CI. The lowest BCUT2D eigenvalue weighted by molar-refractivity contribution is 0.187. The minimum atomic E-state index is 0.900. The third kappa shape index (κ3) is 2.34. The second-order valence-electron chi connectivity index (χ2n) is 3.63. The zero-order valence-corrected chi connectivity index (χ0v) is 10.4. The average molecular weight is 281 g/mol. The molecule has 0 aromatic heterocycles. The summed E-state index contributed by atoms with van der Waals surface area (Å²) in [5.41, 5.74) is 0. The second-order valence-corrected chi connectivity index (χ2v) is 4.51. The zero-order valence-electron chi connectivity index (χ0n) is 8.22. The molecule has 0 aliphatic heterocycles. The molecule has 0 saturated heterocycles. The van der Waals surface area contributed by atoms with E-state index in [1.165, 1.54) is 36.8 Å². The maximum Gasteiger partial charge on any atom is 0.0131 e. The summed E-state index contributed by atoms with van der Waals surface area (Å²) >= 11 is 2.54. The molecule has 1 saturated carbocycles. The molecular weight excluding hydrogens is 261 g/mol. The van der Waals surface area contributed by atoms with Crippen LogP contribution in [0.2, 0.25) is 0 Å². The smallest absolute Gasteiger partial charge is 0.0131 e. The topological polar surface area (TPSA) is 3.24 Å². The molecule has 12 heavy (non-hydrogen) atoms. The summed E-state index contributed by atoms with van der Waals surface area (Å²) in [5, 5.41) is 0. The van der Waals surface area contributed by atoms with Crippen LogP contribution in [0.4, 0.5) is 0 Å². The van der Waals surface area contributed by atoms with Crippen LogP contribution in [0.5, 0.6) is 0 Å². The minimum Gasteiger partial charge on any atom is -0.301 e. The van der Waals surface area contributed by atoms with E-state index < -0.39 is 0 Å². The Labute approximate surface area is 90.0 Å². The number of halogens is 1. The molecule has 0 bridgehead atoms. The van der Waals surface area contributed by atoms with E-state index in [2.05, 4.69) is 41.3 Å². The molecular formula is C10H20IN. The first-order chi connectivity index (χ1) is 5.83. The lowest BCUT2D eigenvalue weighted by Gasteiger charge is -2.30. The highest BCUT2D eigenvalue weighted by molar-refractivity contribution is 14.1. The van der Waals surface area contributed by atoms with Crippen molar-refractivity contribution >= 4 is 22.6 Å². The van der Waals surface area contributed by atoms with E-state index in [0.717, 1.165) is 12.0 Å². The highest BCUT2D eigenvalue weighted by Gasteiger charge is 2.29. The van der Waals surface area contributed by atoms with E-state index in [-0.39, 0.29) is 0 Å². The van der Waals surface area contributed by atoms with Crippen LogP contribution in [0, 0.1) is 5.92 Å². The van der Waals surface area contributed by atoms with Crippen LogP contribution in [-0.2, 0) is 0 Å². The number of nitrogens with zero attached hydrogens (tertiary/aromatic N) is 1. The summed E-state index contributed by atoms with van der Waals surface area (Å²) in [7, 11) is 0. The van der Waals surface area contributed by atoms with E-state index in [9.17, 15) is 0 Å². The van der Waals surface area contributed by atoms with Crippen LogP contribution in [-0.4, -0.2) is 28.5 Å². The van der Waals surface area contributed by atoms with Gasteiger partial charge in [0.05, 0.1) is 0 Å². The van der Waals surface area contributed by atoms with Crippen molar-refractivity contribution in [3.8, 4) is 0 Å². The maximum absolute atomic E-state index is 2.64. The fraction of sp³-hybridized carbons (Fsp3) is 1.00. The third-order valence-electron chi connectivity index (χ3n) is 3.10. The Kier molecular flexibility index (Phi) is 4.87. The van der Waals surface area contributed by atoms with Gasteiger partial charge in [-0.2, -0.15) is 0 Å². The van der Waals surface area contributed by atoms with Crippen LogP contribution < -0.4 is 0 Å². The first kappa shape index (κ1) is 10.8. The molecule has 2 unspecified atom stereocenters. The van der Waals surface area contributed by atoms with Gasteiger partial charge in [-0.15, -0.1) is 0 Å². The molecule has 2 heteroatoms. The number of hydrogen-bond acceptors (Lipinski definition) is 1. The molecule has 0 aromatic carbocycles. The summed E-state index contributed by atoms with van der Waals surface area (Å²) < 4.78 is 1.35. The van der Waals surface area contributed by atoms with E-state index in [0.29, 0.717) is 0 Å². The van der Waals surface area contributed by atoms with Crippen LogP contribution in [0.3, 0.4) is 0 Å².